The Kier molecular flexibility index (Phi) is 10.9. The molecular weight excluding hydrogens is 387 g/mol. The van der Waals surface area contributed by atoms with Gasteiger partial charge in [-0.15, -0.1) is 0 Å². The van der Waals surface area contributed by atoms with Crippen molar-refractivity contribution in [2.24, 2.45) is 0 Å². The number of benzene rings is 1. The molecule has 0 radical (unpaired) electrons. The van der Waals surface area contributed by atoms with E-state index in [0.717, 1.165) is 19.3 Å². The number of unbranched alkanes of at least 4 members (excludes halogenated alkanes) is 5. The summed E-state index contributed by atoms with van der Waals surface area (Å²) >= 11 is 17.6. The molecule has 0 spiro atoms. The Morgan fingerprint density at radius 1 is 0.920 bits per heavy atom. The van der Waals surface area contributed by atoms with Gasteiger partial charge in [0.05, 0.1) is 24.5 Å². The Hall–Kier alpha value is -0.970. The van der Waals surface area contributed by atoms with Crippen LogP contribution in [0, 0.1) is 0 Å². The first kappa shape index (κ1) is 22.1. The van der Waals surface area contributed by atoms with E-state index in [1.807, 2.05) is 0 Å². The standard InChI is InChI=1S/C18H23Cl3O4/c1-2-3-4-5-6-7-10-24-16(22)8-9-17(23)25-15-12-13(19)11-14(20)18(15)21/h11-12H,2-10H2,1H3. The first-order valence-corrected chi connectivity index (χ1v) is 9.58. The second-order valence-electron chi connectivity index (χ2n) is 5.66. The minimum atomic E-state index is -0.600. The van der Waals surface area contributed by atoms with Crippen LogP contribution in [0.3, 0.4) is 0 Å². The summed E-state index contributed by atoms with van der Waals surface area (Å²) in [5.74, 6) is -0.943. The number of halogens is 3. The molecule has 0 amide bonds. The van der Waals surface area contributed by atoms with Gasteiger partial charge >= 0.3 is 11.9 Å². The van der Waals surface area contributed by atoms with Crippen LogP contribution in [0.4, 0.5) is 0 Å². The smallest absolute Gasteiger partial charge is 0.311 e. The van der Waals surface area contributed by atoms with Crippen LogP contribution in [0.5, 0.6) is 5.75 Å². The quantitative estimate of drug-likeness (QED) is 0.188. The molecular formula is C18H23Cl3O4. The largest absolute Gasteiger partial charge is 0.466 e. The Morgan fingerprint density at radius 3 is 2.28 bits per heavy atom. The van der Waals surface area contributed by atoms with Crippen molar-refractivity contribution in [3.8, 4) is 5.75 Å². The van der Waals surface area contributed by atoms with Crippen molar-refractivity contribution in [3.05, 3.63) is 27.2 Å². The van der Waals surface area contributed by atoms with E-state index < -0.39 is 11.9 Å². The summed E-state index contributed by atoms with van der Waals surface area (Å²) in [6, 6.07) is 2.84. The van der Waals surface area contributed by atoms with Gasteiger partial charge in [0.15, 0.2) is 5.75 Å². The maximum atomic E-state index is 11.8. The van der Waals surface area contributed by atoms with Gasteiger partial charge < -0.3 is 9.47 Å². The molecule has 0 aliphatic carbocycles. The summed E-state index contributed by atoms with van der Waals surface area (Å²) in [5.41, 5.74) is 0. The molecule has 0 atom stereocenters. The van der Waals surface area contributed by atoms with Crippen LogP contribution in [0.25, 0.3) is 0 Å². The fraction of sp³-hybridized carbons (Fsp3) is 0.556. The van der Waals surface area contributed by atoms with E-state index in [1.165, 1.54) is 31.4 Å². The first-order valence-electron chi connectivity index (χ1n) is 8.45. The van der Waals surface area contributed by atoms with Crippen molar-refractivity contribution in [2.45, 2.75) is 58.3 Å². The van der Waals surface area contributed by atoms with Crippen molar-refractivity contribution in [2.75, 3.05) is 6.61 Å². The minimum absolute atomic E-state index is 0.0411. The fourth-order valence-corrected chi connectivity index (χ4v) is 2.75. The maximum Gasteiger partial charge on any atom is 0.311 e. The maximum absolute atomic E-state index is 11.8. The third kappa shape index (κ3) is 9.34. The predicted octanol–water partition coefficient (Wildman–Crippen LogP) is 6.24. The lowest BCUT2D eigenvalue weighted by molar-refractivity contribution is -0.147. The van der Waals surface area contributed by atoms with E-state index in [4.69, 9.17) is 44.3 Å². The molecule has 0 aromatic heterocycles. The first-order chi connectivity index (χ1) is 11.9. The van der Waals surface area contributed by atoms with Crippen molar-refractivity contribution in [1.29, 1.82) is 0 Å². The average molecular weight is 410 g/mol. The van der Waals surface area contributed by atoms with Gasteiger partial charge in [-0.3, -0.25) is 9.59 Å². The molecule has 0 aliphatic rings. The Labute approximate surface area is 163 Å². The van der Waals surface area contributed by atoms with Gasteiger partial charge in [0, 0.05) is 11.1 Å². The lowest BCUT2D eigenvalue weighted by Gasteiger charge is -2.08. The number of carbonyl (C=O) groups excluding carboxylic acids is 2. The van der Waals surface area contributed by atoms with E-state index in [1.54, 1.807) is 0 Å². The summed E-state index contributed by atoms with van der Waals surface area (Å²) in [4.78, 5) is 23.4. The van der Waals surface area contributed by atoms with Gasteiger partial charge in [-0.05, 0) is 12.5 Å². The highest BCUT2D eigenvalue weighted by atomic mass is 35.5. The van der Waals surface area contributed by atoms with E-state index in [-0.39, 0.29) is 28.6 Å². The average Bonchev–Trinajstić information content (AvgIpc) is 2.56. The van der Waals surface area contributed by atoms with Crippen LogP contribution in [0.1, 0.15) is 58.3 Å². The van der Waals surface area contributed by atoms with Gasteiger partial charge in [-0.2, -0.15) is 0 Å². The minimum Gasteiger partial charge on any atom is -0.466 e. The van der Waals surface area contributed by atoms with Crippen molar-refractivity contribution >= 4 is 46.7 Å². The van der Waals surface area contributed by atoms with E-state index >= 15 is 0 Å². The zero-order valence-electron chi connectivity index (χ0n) is 14.3. The third-order valence-electron chi connectivity index (χ3n) is 3.48. The van der Waals surface area contributed by atoms with Crippen LogP contribution in [0.15, 0.2) is 12.1 Å². The highest BCUT2D eigenvalue weighted by molar-refractivity contribution is 6.44. The van der Waals surface area contributed by atoms with Crippen LogP contribution < -0.4 is 4.74 Å². The molecule has 0 fully saturated rings. The molecule has 0 unspecified atom stereocenters. The Balaban J connectivity index is 2.22. The summed E-state index contributed by atoms with van der Waals surface area (Å²) in [7, 11) is 0. The number of rotatable bonds is 11. The van der Waals surface area contributed by atoms with Gasteiger partial charge in [0.1, 0.15) is 5.02 Å². The van der Waals surface area contributed by atoms with E-state index in [9.17, 15) is 9.59 Å². The lowest BCUT2D eigenvalue weighted by Crippen LogP contribution is -2.13. The second-order valence-corrected chi connectivity index (χ2v) is 6.88. The van der Waals surface area contributed by atoms with E-state index in [2.05, 4.69) is 6.92 Å². The van der Waals surface area contributed by atoms with E-state index in [0.29, 0.717) is 11.6 Å². The van der Waals surface area contributed by atoms with Crippen LogP contribution in [-0.4, -0.2) is 18.5 Å². The fourth-order valence-electron chi connectivity index (χ4n) is 2.13. The molecule has 25 heavy (non-hydrogen) atoms. The van der Waals surface area contributed by atoms with Crippen molar-refractivity contribution in [3.63, 3.8) is 0 Å². The summed E-state index contributed by atoms with van der Waals surface area (Å²) in [5, 5.41) is 0.593. The van der Waals surface area contributed by atoms with Crippen molar-refractivity contribution in [1.82, 2.24) is 0 Å². The number of hydrogen-bond acceptors (Lipinski definition) is 4. The van der Waals surface area contributed by atoms with Gasteiger partial charge in [-0.1, -0.05) is 73.8 Å². The molecule has 140 valence electrons. The molecule has 1 rings (SSSR count). The monoisotopic (exact) mass is 408 g/mol. The van der Waals surface area contributed by atoms with Crippen LogP contribution >= 0.6 is 34.8 Å². The summed E-state index contributed by atoms with van der Waals surface area (Å²) in [6.07, 6.45) is 6.56. The molecule has 0 saturated heterocycles. The Morgan fingerprint density at radius 2 is 1.56 bits per heavy atom. The van der Waals surface area contributed by atoms with Crippen LogP contribution in [-0.2, 0) is 14.3 Å². The number of ether oxygens (including phenoxy) is 2. The molecule has 4 nitrogen and oxygen atoms in total. The number of esters is 2. The normalized spacial score (nSPS) is 10.6. The zero-order chi connectivity index (χ0) is 18.7. The molecule has 7 heteroatoms. The SMILES string of the molecule is CCCCCCCCOC(=O)CCC(=O)Oc1cc(Cl)cc(Cl)c1Cl. The molecule has 0 saturated carbocycles. The van der Waals surface area contributed by atoms with Gasteiger partial charge in [0.25, 0.3) is 0 Å². The lowest BCUT2D eigenvalue weighted by atomic mass is 10.1. The third-order valence-corrected chi connectivity index (χ3v) is 4.48. The Bertz CT molecular complexity index is 576. The van der Waals surface area contributed by atoms with Gasteiger partial charge in [-0.25, -0.2) is 0 Å². The predicted molar refractivity (Wildman–Crippen MR) is 101 cm³/mol. The zero-order valence-corrected chi connectivity index (χ0v) is 16.6. The molecule has 0 heterocycles. The highest BCUT2D eigenvalue weighted by Gasteiger charge is 2.14. The molecule has 0 N–H and O–H groups in total. The summed E-state index contributed by atoms with van der Waals surface area (Å²) in [6.45, 7) is 2.55. The second kappa shape index (κ2) is 12.4. The molecule has 1 aromatic carbocycles. The molecule has 1 aromatic rings. The highest BCUT2D eigenvalue weighted by Crippen LogP contribution is 2.35. The summed E-state index contributed by atoms with van der Waals surface area (Å²) < 4.78 is 10.2. The van der Waals surface area contributed by atoms with Crippen molar-refractivity contribution < 1.29 is 19.1 Å². The number of hydrogen-bond donors (Lipinski definition) is 0. The van der Waals surface area contributed by atoms with Gasteiger partial charge in [0.2, 0.25) is 0 Å². The topological polar surface area (TPSA) is 52.6 Å². The number of carbonyl (C=O) groups is 2. The molecule has 0 bridgehead atoms. The molecule has 0 aliphatic heterocycles. The van der Waals surface area contributed by atoms with Crippen LogP contribution in [0.2, 0.25) is 15.1 Å².